The number of morpholine rings is 1. The number of hydrogen-bond donors (Lipinski definition) is 1. The highest BCUT2D eigenvalue weighted by molar-refractivity contribution is 7.14. The maximum Gasteiger partial charge on any atom is 0.323 e. The van der Waals surface area contributed by atoms with E-state index >= 15 is 0 Å². The SMILES string of the molecule is O=C(Nc1nc(-c2ccccc2)cs1)N(CCC(c1ccccc1)c1ccccc1)CCN1CCOCC1. The smallest absolute Gasteiger partial charge is 0.323 e. The maximum atomic E-state index is 13.6. The molecule has 4 aromatic rings. The van der Waals surface area contributed by atoms with Gasteiger partial charge in [-0.2, -0.15) is 0 Å². The van der Waals surface area contributed by atoms with Crippen LogP contribution in [0.5, 0.6) is 0 Å². The van der Waals surface area contributed by atoms with Gasteiger partial charge in [0.1, 0.15) is 0 Å². The van der Waals surface area contributed by atoms with Gasteiger partial charge in [0.25, 0.3) is 0 Å². The lowest BCUT2D eigenvalue weighted by Gasteiger charge is -2.31. The van der Waals surface area contributed by atoms with Gasteiger partial charge in [0, 0.05) is 49.6 Å². The minimum absolute atomic E-state index is 0.105. The first-order valence-electron chi connectivity index (χ1n) is 13.2. The van der Waals surface area contributed by atoms with E-state index in [0.717, 1.165) is 50.5 Å². The second-order valence-corrected chi connectivity index (χ2v) is 10.3. The van der Waals surface area contributed by atoms with Gasteiger partial charge in [-0.05, 0) is 17.5 Å². The fourth-order valence-corrected chi connectivity index (χ4v) is 5.54. The van der Waals surface area contributed by atoms with Crippen molar-refractivity contribution in [2.45, 2.75) is 12.3 Å². The largest absolute Gasteiger partial charge is 0.379 e. The molecule has 0 aliphatic carbocycles. The average molecular weight is 527 g/mol. The molecule has 38 heavy (non-hydrogen) atoms. The summed E-state index contributed by atoms with van der Waals surface area (Å²) < 4.78 is 5.51. The standard InChI is InChI=1S/C31H34N4O2S/c36-31(33-30-32-29(24-38-30)27-14-8-3-9-15-27)35(19-18-34-20-22-37-23-21-34)17-16-28(25-10-4-1-5-11-25)26-12-6-2-7-13-26/h1-15,24,28H,16-23H2,(H,32,33,36). The predicted octanol–water partition coefficient (Wildman–Crippen LogP) is 6.20. The first kappa shape index (κ1) is 26.1. The summed E-state index contributed by atoms with van der Waals surface area (Å²) in [4.78, 5) is 22.5. The zero-order chi connectivity index (χ0) is 26.0. The molecule has 0 atom stereocenters. The van der Waals surface area contributed by atoms with Gasteiger partial charge in [0.2, 0.25) is 0 Å². The Balaban J connectivity index is 1.30. The molecule has 7 heteroatoms. The van der Waals surface area contributed by atoms with Crippen molar-refractivity contribution in [2.75, 3.05) is 51.3 Å². The van der Waals surface area contributed by atoms with Gasteiger partial charge in [0.15, 0.2) is 5.13 Å². The van der Waals surface area contributed by atoms with Crippen LogP contribution in [-0.2, 0) is 4.74 Å². The van der Waals surface area contributed by atoms with Crippen LogP contribution in [0.3, 0.4) is 0 Å². The van der Waals surface area contributed by atoms with E-state index in [1.807, 2.05) is 52.7 Å². The van der Waals surface area contributed by atoms with Gasteiger partial charge in [-0.1, -0.05) is 91.0 Å². The molecule has 2 amide bonds. The zero-order valence-electron chi connectivity index (χ0n) is 21.5. The van der Waals surface area contributed by atoms with Crippen LogP contribution in [0.25, 0.3) is 11.3 Å². The molecular formula is C31H34N4O2S. The molecule has 0 saturated carbocycles. The lowest BCUT2D eigenvalue weighted by Crippen LogP contribution is -2.44. The van der Waals surface area contributed by atoms with Crippen molar-refractivity contribution >= 4 is 22.5 Å². The molecule has 5 rings (SSSR count). The van der Waals surface area contributed by atoms with E-state index in [1.165, 1.54) is 22.5 Å². The molecule has 1 saturated heterocycles. The quantitative estimate of drug-likeness (QED) is 0.267. The Kier molecular flexibility index (Phi) is 9.15. The van der Waals surface area contributed by atoms with Crippen molar-refractivity contribution < 1.29 is 9.53 Å². The second kappa shape index (κ2) is 13.3. The molecule has 0 spiro atoms. The minimum atomic E-state index is -0.105. The molecule has 0 radical (unpaired) electrons. The number of nitrogens with zero attached hydrogens (tertiary/aromatic N) is 3. The number of urea groups is 1. The number of nitrogens with one attached hydrogen (secondary N) is 1. The molecule has 0 bridgehead atoms. The predicted molar refractivity (Wildman–Crippen MR) is 155 cm³/mol. The first-order valence-corrected chi connectivity index (χ1v) is 14.1. The van der Waals surface area contributed by atoms with Crippen LogP contribution in [0.15, 0.2) is 96.4 Å². The molecule has 3 aromatic carbocycles. The highest BCUT2D eigenvalue weighted by Gasteiger charge is 2.21. The van der Waals surface area contributed by atoms with Gasteiger partial charge in [-0.15, -0.1) is 11.3 Å². The van der Waals surface area contributed by atoms with Crippen LogP contribution in [0.4, 0.5) is 9.93 Å². The van der Waals surface area contributed by atoms with Gasteiger partial charge >= 0.3 is 6.03 Å². The van der Waals surface area contributed by atoms with Gasteiger partial charge < -0.3 is 9.64 Å². The van der Waals surface area contributed by atoms with Crippen LogP contribution < -0.4 is 5.32 Å². The number of benzene rings is 3. The third-order valence-corrected chi connectivity index (χ3v) is 7.71. The summed E-state index contributed by atoms with van der Waals surface area (Å²) >= 11 is 1.46. The number of hydrogen-bond acceptors (Lipinski definition) is 5. The van der Waals surface area contributed by atoms with Crippen molar-refractivity contribution in [3.8, 4) is 11.3 Å². The van der Waals surface area contributed by atoms with E-state index < -0.39 is 0 Å². The van der Waals surface area contributed by atoms with E-state index in [-0.39, 0.29) is 11.9 Å². The summed E-state index contributed by atoms with van der Waals surface area (Å²) in [6, 6.07) is 31.1. The maximum absolute atomic E-state index is 13.6. The average Bonchev–Trinajstić information content (AvgIpc) is 3.45. The molecular weight excluding hydrogens is 492 g/mol. The van der Waals surface area contributed by atoms with Crippen molar-refractivity contribution in [1.29, 1.82) is 0 Å². The van der Waals surface area contributed by atoms with Crippen LogP contribution in [0.1, 0.15) is 23.5 Å². The summed E-state index contributed by atoms with van der Waals surface area (Å²) in [5.41, 5.74) is 4.44. The summed E-state index contributed by atoms with van der Waals surface area (Å²) in [6.45, 7) is 5.42. The molecule has 1 aliphatic rings. The highest BCUT2D eigenvalue weighted by atomic mass is 32.1. The molecule has 0 unspecified atom stereocenters. The molecule has 196 valence electrons. The molecule has 6 nitrogen and oxygen atoms in total. The Morgan fingerprint density at radius 1 is 0.895 bits per heavy atom. The van der Waals surface area contributed by atoms with E-state index in [1.54, 1.807) is 0 Å². The summed E-state index contributed by atoms with van der Waals surface area (Å²) in [7, 11) is 0. The second-order valence-electron chi connectivity index (χ2n) is 9.44. The topological polar surface area (TPSA) is 57.7 Å². The zero-order valence-corrected chi connectivity index (χ0v) is 22.4. The number of carbonyl (C=O) groups excluding carboxylic acids is 1. The Hall–Kier alpha value is -3.52. The molecule has 1 aromatic heterocycles. The summed E-state index contributed by atoms with van der Waals surface area (Å²) in [5.74, 6) is 0.209. The van der Waals surface area contributed by atoms with E-state index in [4.69, 9.17) is 4.74 Å². The molecule has 2 heterocycles. The Labute approximate surface area is 228 Å². The third-order valence-electron chi connectivity index (χ3n) is 6.96. The van der Waals surface area contributed by atoms with Crippen LogP contribution in [0, 0.1) is 0 Å². The number of ether oxygens (including phenoxy) is 1. The lowest BCUT2D eigenvalue weighted by atomic mass is 9.88. The van der Waals surface area contributed by atoms with E-state index in [0.29, 0.717) is 18.2 Å². The van der Waals surface area contributed by atoms with E-state index in [9.17, 15) is 4.79 Å². The summed E-state index contributed by atoms with van der Waals surface area (Å²) in [5, 5.41) is 5.68. The fourth-order valence-electron chi connectivity index (χ4n) is 4.83. The number of thiazole rings is 1. The van der Waals surface area contributed by atoms with Crippen molar-refractivity contribution in [1.82, 2.24) is 14.8 Å². The van der Waals surface area contributed by atoms with Crippen LogP contribution in [0.2, 0.25) is 0 Å². The number of aromatic nitrogens is 1. The number of anilines is 1. The van der Waals surface area contributed by atoms with Crippen molar-refractivity contribution in [2.24, 2.45) is 0 Å². The van der Waals surface area contributed by atoms with Crippen LogP contribution in [-0.4, -0.2) is 66.8 Å². The van der Waals surface area contributed by atoms with Gasteiger partial charge in [-0.3, -0.25) is 10.2 Å². The fraction of sp³-hybridized carbons (Fsp3) is 0.290. The Bertz CT molecular complexity index is 1220. The molecule has 1 aliphatic heterocycles. The van der Waals surface area contributed by atoms with Crippen LogP contribution >= 0.6 is 11.3 Å². The Morgan fingerprint density at radius 2 is 1.50 bits per heavy atom. The molecule has 1 N–H and O–H groups in total. The third kappa shape index (κ3) is 7.07. The monoisotopic (exact) mass is 526 g/mol. The highest BCUT2D eigenvalue weighted by Crippen LogP contribution is 2.29. The Morgan fingerprint density at radius 3 is 2.13 bits per heavy atom. The normalized spacial score (nSPS) is 13.9. The number of amides is 2. The van der Waals surface area contributed by atoms with Crippen molar-refractivity contribution in [3.05, 3.63) is 108 Å². The summed E-state index contributed by atoms with van der Waals surface area (Å²) in [6.07, 6.45) is 0.831. The lowest BCUT2D eigenvalue weighted by molar-refractivity contribution is 0.0351. The number of rotatable bonds is 10. The van der Waals surface area contributed by atoms with Crippen molar-refractivity contribution in [3.63, 3.8) is 0 Å². The first-order chi connectivity index (χ1) is 18.8. The molecule has 1 fully saturated rings. The van der Waals surface area contributed by atoms with Gasteiger partial charge in [0.05, 0.1) is 18.9 Å². The van der Waals surface area contributed by atoms with E-state index in [2.05, 4.69) is 63.7 Å². The van der Waals surface area contributed by atoms with Gasteiger partial charge in [-0.25, -0.2) is 9.78 Å². The minimum Gasteiger partial charge on any atom is -0.379 e. The number of carbonyl (C=O) groups is 1.